The highest BCUT2D eigenvalue weighted by Gasteiger charge is 2.51. The molecule has 1 aliphatic carbocycles. The smallest absolute Gasteiger partial charge is 0.160 e. The fourth-order valence-corrected chi connectivity index (χ4v) is 9.59. The molecule has 0 atom stereocenters. The fourth-order valence-electron chi connectivity index (χ4n) is 8.45. The molecule has 0 saturated heterocycles. The number of rotatable bonds is 3. The molecule has 3 nitrogen and oxygen atoms in total. The summed E-state index contributed by atoms with van der Waals surface area (Å²) in [5, 5.41) is 1.15. The third-order valence-corrected chi connectivity index (χ3v) is 11.8. The second-order valence-electron chi connectivity index (χ2n) is 13.2. The second kappa shape index (κ2) is 10.8. The van der Waals surface area contributed by atoms with Crippen LogP contribution in [0.2, 0.25) is 0 Å². The SMILES string of the molecule is c1ccc(-c2ccc(-c3nc(-c4cccc5c4-c4ccccc4C54c5ccccc5Oc5ccccc54)c4sc5ccccc5c4n3)cc2)cc1. The van der Waals surface area contributed by atoms with Gasteiger partial charge in [0, 0.05) is 32.3 Å². The number of ether oxygens (including phenoxy) is 1. The average Bonchev–Trinajstić information content (AvgIpc) is 3.72. The molecule has 1 spiro atoms. The van der Waals surface area contributed by atoms with Gasteiger partial charge in [-0.25, -0.2) is 9.97 Å². The largest absolute Gasteiger partial charge is 0.457 e. The van der Waals surface area contributed by atoms with Gasteiger partial charge in [0.15, 0.2) is 5.82 Å². The Morgan fingerprint density at radius 2 is 1.04 bits per heavy atom. The monoisotopic (exact) mass is 668 g/mol. The number of fused-ring (bicyclic) bond motifs is 12. The van der Waals surface area contributed by atoms with Gasteiger partial charge in [0.05, 0.1) is 21.3 Å². The maximum atomic E-state index is 6.58. The summed E-state index contributed by atoms with van der Waals surface area (Å²) in [7, 11) is 0. The van der Waals surface area contributed by atoms with E-state index in [1.165, 1.54) is 38.1 Å². The Morgan fingerprint density at radius 3 is 1.82 bits per heavy atom. The van der Waals surface area contributed by atoms with Gasteiger partial charge in [-0.05, 0) is 51.6 Å². The average molecular weight is 669 g/mol. The van der Waals surface area contributed by atoms with Crippen LogP contribution in [0.25, 0.3) is 65.2 Å². The molecule has 7 aromatic carbocycles. The van der Waals surface area contributed by atoms with Crippen molar-refractivity contribution in [1.29, 1.82) is 0 Å². The van der Waals surface area contributed by atoms with E-state index in [2.05, 4.69) is 164 Å². The summed E-state index contributed by atoms with van der Waals surface area (Å²) < 4.78 is 8.89. The summed E-state index contributed by atoms with van der Waals surface area (Å²) in [4.78, 5) is 10.8. The minimum absolute atomic E-state index is 0.546. The molecule has 2 aliphatic rings. The van der Waals surface area contributed by atoms with E-state index in [-0.39, 0.29) is 0 Å². The van der Waals surface area contributed by atoms with E-state index >= 15 is 0 Å². The Morgan fingerprint density at radius 1 is 0.451 bits per heavy atom. The fraction of sp³-hybridized carbons (Fsp3) is 0.0213. The lowest BCUT2D eigenvalue weighted by atomic mass is 9.66. The van der Waals surface area contributed by atoms with Crippen LogP contribution in [0.4, 0.5) is 0 Å². The molecule has 51 heavy (non-hydrogen) atoms. The lowest BCUT2D eigenvalue weighted by Crippen LogP contribution is -2.32. The zero-order valence-corrected chi connectivity index (χ0v) is 28.2. The van der Waals surface area contributed by atoms with E-state index in [4.69, 9.17) is 14.7 Å². The molecule has 0 saturated carbocycles. The van der Waals surface area contributed by atoms with Gasteiger partial charge in [-0.3, -0.25) is 0 Å². The zero-order chi connectivity index (χ0) is 33.5. The van der Waals surface area contributed by atoms with Crippen LogP contribution in [-0.2, 0) is 5.41 Å². The third kappa shape index (κ3) is 3.99. The van der Waals surface area contributed by atoms with Crippen molar-refractivity contribution >= 4 is 31.6 Å². The molecular weight excluding hydrogens is 641 g/mol. The van der Waals surface area contributed by atoms with Gasteiger partial charge in [-0.1, -0.05) is 152 Å². The highest BCUT2D eigenvalue weighted by molar-refractivity contribution is 7.26. The summed E-state index contributed by atoms with van der Waals surface area (Å²) in [5.74, 6) is 2.50. The van der Waals surface area contributed by atoms with Crippen LogP contribution in [-0.4, -0.2) is 9.97 Å². The first kappa shape index (κ1) is 28.5. The van der Waals surface area contributed by atoms with Crippen LogP contribution in [0.15, 0.2) is 170 Å². The van der Waals surface area contributed by atoms with Crippen LogP contribution >= 0.6 is 11.3 Å². The van der Waals surface area contributed by atoms with Crippen LogP contribution in [0.3, 0.4) is 0 Å². The second-order valence-corrected chi connectivity index (χ2v) is 14.3. The van der Waals surface area contributed by atoms with E-state index in [1.807, 2.05) is 6.07 Å². The highest BCUT2D eigenvalue weighted by atomic mass is 32.1. The Balaban J connectivity index is 1.21. The van der Waals surface area contributed by atoms with E-state index in [0.717, 1.165) is 60.9 Å². The summed E-state index contributed by atoms with van der Waals surface area (Å²) in [6, 6.07) is 60.4. The Labute approximate surface area is 299 Å². The molecule has 238 valence electrons. The Hall–Kier alpha value is -6.36. The maximum Gasteiger partial charge on any atom is 0.160 e. The van der Waals surface area contributed by atoms with Crippen molar-refractivity contribution in [3.8, 4) is 56.4 Å². The Kier molecular flexibility index (Phi) is 6.04. The summed E-state index contributed by atoms with van der Waals surface area (Å²) >= 11 is 1.77. The molecule has 0 bridgehead atoms. The molecule has 11 rings (SSSR count). The molecule has 0 amide bonds. The van der Waals surface area contributed by atoms with Gasteiger partial charge in [-0.15, -0.1) is 11.3 Å². The van der Waals surface area contributed by atoms with Gasteiger partial charge >= 0.3 is 0 Å². The van der Waals surface area contributed by atoms with Crippen molar-refractivity contribution in [3.05, 3.63) is 192 Å². The number of hydrogen-bond acceptors (Lipinski definition) is 4. The predicted octanol–water partition coefficient (Wildman–Crippen LogP) is 12.3. The van der Waals surface area contributed by atoms with Crippen molar-refractivity contribution in [2.45, 2.75) is 5.41 Å². The molecule has 0 fully saturated rings. The molecule has 4 heteroatoms. The van der Waals surface area contributed by atoms with Gasteiger partial charge in [-0.2, -0.15) is 0 Å². The molecule has 0 N–H and O–H groups in total. The summed E-state index contributed by atoms with van der Waals surface area (Å²) in [5.41, 5.74) is 13.1. The number of thiophene rings is 1. The predicted molar refractivity (Wildman–Crippen MR) is 209 cm³/mol. The first-order valence-electron chi connectivity index (χ1n) is 17.2. The lowest BCUT2D eigenvalue weighted by Gasteiger charge is -2.39. The van der Waals surface area contributed by atoms with Crippen molar-refractivity contribution in [2.75, 3.05) is 0 Å². The molecule has 1 aliphatic heterocycles. The summed E-state index contributed by atoms with van der Waals surface area (Å²) in [6.07, 6.45) is 0. The van der Waals surface area contributed by atoms with Crippen LogP contribution < -0.4 is 4.74 Å². The number of aromatic nitrogens is 2. The van der Waals surface area contributed by atoms with Crippen LogP contribution in [0, 0.1) is 0 Å². The molecule has 3 heterocycles. The first-order valence-corrected chi connectivity index (χ1v) is 18.1. The normalized spacial score (nSPS) is 13.4. The number of para-hydroxylation sites is 2. The van der Waals surface area contributed by atoms with Gasteiger partial charge in [0.25, 0.3) is 0 Å². The minimum atomic E-state index is -0.546. The maximum absolute atomic E-state index is 6.58. The van der Waals surface area contributed by atoms with Crippen LogP contribution in [0.5, 0.6) is 11.5 Å². The quantitative estimate of drug-likeness (QED) is 0.188. The molecule has 0 unspecified atom stereocenters. The van der Waals surface area contributed by atoms with Crippen molar-refractivity contribution in [1.82, 2.24) is 9.97 Å². The van der Waals surface area contributed by atoms with Crippen LogP contribution in [0.1, 0.15) is 22.3 Å². The first-order chi connectivity index (χ1) is 25.3. The van der Waals surface area contributed by atoms with Gasteiger partial charge < -0.3 is 4.74 Å². The highest BCUT2D eigenvalue weighted by Crippen LogP contribution is 2.63. The number of benzene rings is 7. The van der Waals surface area contributed by atoms with Gasteiger partial charge in [0.2, 0.25) is 0 Å². The number of nitrogens with zero attached hydrogens (tertiary/aromatic N) is 2. The summed E-state index contributed by atoms with van der Waals surface area (Å²) in [6.45, 7) is 0. The van der Waals surface area contributed by atoms with Crippen molar-refractivity contribution in [2.24, 2.45) is 0 Å². The molecule has 9 aromatic rings. The lowest BCUT2D eigenvalue weighted by molar-refractivity contribution is 0.436. The topological polar surface area (TPSA) is 35.0 Å². The van der Waals surface area contributed by atoms with E-state index < -0.39 is 5.41 Å². The van der Waals surface area contributed by atoms with Crippen molar-refractivity contribution < 1.29 is 4.74 Å². The molecule has 2 aromatic heterocycles. The molecule has 0 radical (unpaired) electrons. The van der Waals surface area contributed by atoms with E-state index in [0.29, 0.717) is 0 Å². The van der Waals surface area contributed by atoms with E-state index in [1.54, 1.807) is 11.3 Å². The zero-order valence-electron chi connectivity index (χ0n) is 27.4. The minimum Gasteiger partial charge on any atom is -0.457 e. The molecular formula is C47H28N2OS. The standard InChI is InChI=1S/C47H28N2OS/c1-2-13-29(14-3-1)30-25-27-31(28-26-30)46-48-43-33-16-5-11-24-41(33)51-45(43)44(49-46)34-17-12-21-38-42(34)32-15-4-6-18-35(32)47(38)36-19-7-9-22-39(36)50-40-23-10-8-20-37(40)47/h1-28H. The van der Waals surface area contributed by atoms with E-state index in [9.17, 15) is 0 Å². The van der Waals surface area contributed by atoms with Crippen molar-refractivity contribution in [3.63, 3.8) is 0 Å². The van der Waals surface area contributed by atoms with Gasteiger partial charge in [0.1, 0.15) is 11.5 Å². The Bertz CT molecular complexity index is 2790. The third-order valence-electron chi connectivity index (χ3n) is 10.6. The number of hydrogen-bond donors (Lipinski definition) is 0.